The summed E-state index contributed by atoms with van der Waals surface area (Å²) in [6, 6.07) is 0. The lowest BCUT2D eigenvalue weighted by Gasteiger charge is -2.57. The van der Waals surface area contributed by atoms with Gasteiger partial charge in [0.1, 0.15) is 0 Å². The van der Waals surface area contributed by atoms with Gasteiger partial charge in [0.25, 0.3) is 0 Å². The Morgan fingerprint density at radius 1 is 1.19 bits per heavy atom. The molecule has 0 amide bonds. The van der Waals surface area contributed by atoms with E-state index in [1.165, 1.54) is 44.9 Å². The first-order valence-electron chi connectivity index (χ1n) is 10.8. The fourth-order valence-corrected chi connectivity index (χ4v) is 7.57. The van der Waals surface area contributed by atoms with Gasteiger partial charge in [-0.25, -0.2) is 0 Å². The van der Waals surface area contributed by atoms with Crippen molar-refractivity contribution in [3.05, 3.63) is 35.5 Å². The van der Waals surface area contributed by atoms with E-state index >= 15 is 0 Å². The lowest BCUT2D eigenvalue weighted by Crippen LogP contribution is -2.48. The molecule has 0 radical (unpaired) electrons. The highest BCUT2D eigenvalue weighted by molar-refractivity contribution is 7.09. The molecule has 0 aromatic heterocycles. The average Bonchev–Trinajstić information content (AvgIpc) is 2.98. The van der Waals surface area contributed by atoms with Crippen LogP contribution in [0, 0.1) is 34.5 Å². The van der Waals surface area contributed by atoms with E-state index in [4.69, 9.17) is 4.52 Å². The SMILES string of the molecule is CC=C[C@@H](C)C1=CC[C@H]2[C@@H]3CC[C@@H]4C[C@H](OP)CC[C@]4(C)C3=CC[C@]12C. The summed E-state index contributed by atoms with van der Waals surface area (Å²) in [5, 5.41) is 0. The van der Waals surface area contributed by atoms with Gasteiger partial charge in [0.2, 0.25) is 0 Å². The molecule has 0 bridgehead atoms. The van der Waals surface area contributed by atoms with Gasteiger partial charge in [-0.1, -0.05) is 56.2 Å². The number of hydrogen-bond acceptors (Lipinski definition) is 1. The largest absolute Gasteiger partial charge is 0.362 e. The Morgan fingerprint density at radius 3 is 2.73 bits per heavy atom. The van der Waals surface area contributed by atoms with Gasteiger partial charge in [-0.3, -0.25) is 0 Å². The van der Waals surface area contributed by atoms with E-state index in [2.05, 4.69) is 61.5 Å². The van der Waals surface area contributed by atoms with Crippen LogP contribution in [0.15, 0.2) is 35.5 Å². The van der Waals surface area contributed by atoms with Crippen molar-refractivity contribution in [2.45, 2.75) is 78.7 Å². The van der Waals surface area contributed by atoms with E-state index in [1.54, 1.807) is 5.57 Å². The average molecular weight is 373 g/mol. The number of allylic oxidation sites excluding steroid dienone is 6. The molecule has 0 N–H and O–H groups in total. The van der Waals surface area contributed by atoms with Gasteiger partial charge >= 0.3 is 0 Å². The van der Waals surface area contributed by atoms with Crippen LogP contribution in [0.3, 0.4) is 0 Å². The number of rotatable bonds is 3. The van der Waals surface area contributed by atoms with E-state index in [9.17, 15) is 0 Å². The van der Waals surface area contributed by atoms with Crippen molar-refractivity contribution in [3.63, 3.8) is 0 Å². The second kappa shape index (κ2) is 6.89. The first-order valence-corrected chi connectivity index (χ1v) is 11.3. The third kappa shape index (κ3) is 2.72. The first-order chi connectivity index (χ1) is 12.4. The summed E-state index contributed by atoms with van der Waals surface area (Å²) in [5.74, 6) is 3.06. The summed E-state index contributed by atoms with van der Waals surface area (Å²) >= 11 is 0. The van der Waals surface area contributed by atoms with Crippen LogP contribution in [-0.2, 0) is 4.52 Å². The van der Waals surface area contributed by atoms with E-state index in [0.29, 0.717) is 22.9 Å². The molecular weight excluding hydrogens is 335 g/mol. The highest BCUT2D eigenvalue weighted by Crippen LogP contribution is 2.65. The first kappa shape index (κ1) is 18.9. The maximum absolute atomic E-state index is 5.65. The molecule has 2 fully saturated rings. The molecule has 4 aliphatic carbocycles. The van der Waals surface area contributed by atoms with Crippen molar-refractivity contribution in [1.29, 1.82) is 0 Å². The van der Waals surface area contributed by atoms with Crippen molar-refractivity contribution in [1.82, 2.24) is 0 Å². The minimum atomic E-state index is 0.386. The molecule has 0 saturated heterocycles. The number of fused-ring (bicyclic) bond motifs is 5. The maximum atomic E-state index is 5.65. The zero-order chi connectivity index (χ0) is 18.5. The van der Waals surface area contributed by atoms with E-state index < -0.39 is 0 Å². The van der Waals surface area contributed by atoms with Gasteiger partial charge in [-0.05, 0) is 86.4 Å². The third-order valence-corrected chi connectivity index (χ3v) is 9.17. The van der Waals surface area contributed by atoms with Crippen molar-refractivity contribution < 1.29 is 4.52 Å². The molecule has 1 unspecified atom stereocenters. The Hall–Kier alpha value is -0.390. The topological polar surface area (TPSA) is 9.23 Å². The number of hydrogen-bond donors (Lipinski definition) is 0. The van der Waals surface area contributed by atoms with Crippen molar-refractivity contribution in [2.75, 3.05) is 0 Å². The van der Waals surface area contributed by atoms with Gasteiger partial charge in [-0.2, -0.15) is 0 Å². The molecular formula is C24H37OP. The van der Waals surface area contributed by atoms with Gasteiger partial charge in [0.15, 0.2) is 0 Å². The van der Waals surface area contributed by atoms with Crippen LogP contribution in [0.25, 0.3) is 0 Å². The fraction of sp³-hybridized carbons (Fsp3) is 0.750. The molecule has 8 atom stereocenters. The summed E-state index contributed by atoms with van der Waals surface area (Å²) < 4.78 is 5.65. The summed E-state index contributed by atoms with van der Waals surface area (Å²) in [6.07, 6.45) is 19.5. The Bertz CT molecular complexity index is 647. The van der Waals surface area contributed by atoms with Gasteiger partial charge in [-0.15, -0.1) is 0 Å². The van der Waals surface area contributed by atoms with Crippen LogP contribution >= 0.6 is 9.47 Å². The maximum Gasteiger partial charge on any atom is 0.0614 e. The lowest BCUT2D eigenvalue weighted by atomic mass is 9.48. The molecule has 0 aromatic rings. The minimum absolute atomic E-state index is 0.386. The van der Waals surface area contributed by atoms with E-state index in [0.717, 1.165) is 17.8 Å². The van der Waals surface area contributed by atoms with Crippen LogP contribution < -0.4 is 0 Å². The summed E-state index contributed by atoms with van der Waals surface area (Å²) in [5.41, 5.74) is 4.37. The Kier molecular flexibility index (Phi) is 5.02. The summed E-state index contributed by atoms with van der Waals surface area (Å²) in [7, 11) is 2.51. The minimum Gasteiger partial charge on any atom is -0.362 e. The Balaban J connectivity index is 1.62. The summed E-state index contributed by atoms with van der Waals surface area (Å²) in [6.45, 7) is 9.70. The Morgan fingerprint density at radius 2 is 2.00 bits per heavy atom. The van der Waals surface area contributed by atoms with Crippen molar-refractivity contribution in [2.24, 2.45) is 34.5 Å². The van der Waals surface area contributed by atoms with Gasteiger partial charge in [0.05, 0.1) is 6.10 Å². The zero-order valence-corrected chi connectivity index (χ0v) is 18.3. The van der Waals surface area contributed by atoms with Gasteiger partial charge < -0.3 is 4.52 Å². The monoisotopic (exact) mass is 372 g/mol. The second-order valence-electron chi connectivity index (χ2n) is 9.93. The fourth-order valence-electron chi connectivity index (χ4n) is 7.32. The van der Waals surface area contributed by atoms with E-state index in [-0.39, 0.29) is 0 Å². The summed E-state index contributed by atoms with van der Waals surface area (Å²) in [4.78, 5) is 0. The second-order valence-corrected chi connectivity index (χ2v) is 10.2. The van der Waals surface area contributed by atoms with Crippen LogP contribution in [0.5, 0.6) is 0 Å². The van der Waals surface area contributed by atoms with Crippen LogP contribution in [0.2, 0.25) is 0 Å². The highest BCUT2D eigenvalue weighted by atomic mass is 31.0. The van der Waals surface area contributed by atoms with Gasteiger partial charge in [0, 0.05) is 9.47 Å². The lowest BCUT2D eigenvalue weighted by molar-refractivity contribution is 0.00836. The predicted molar refractivity (Wildman–Crippen MR) is 114 cm³/mol. The molecule has 0 heterocycles. The van der Waals surface area contributed by atoms with E-state index in [1.807, 2.05) is 5.57 Å². The molecule has 0 aromatic carbocycles. The Labute approximate surface area is 163 Å². The predicted octanol–water partition coefficient (Wildman–Crippen LogP) is 6.87. The molecule has 4 rings (SSSR count). The van der Waals surface area contributed by atoms with Crippen molar-refractivity contribution >= 4 is 9.47 Å². The molecule has 144 valence electrons. The molecule has 2 saturated carbocycles. The molecule has 1 nitrogen and oxygen atoms in total. The normalized spacial score (nSPS) is 46.2. The molecule has 0 aliphatic heterocycles. The standard InChI is InChI=1S/C24H37OP/c1-5-6-16(2)20-9-10-21-19-8-7-17-15-18(25-26)11-13-23(17,3)22(19)12-14-24(20,21)4/h5-6,9,12,16-19,21H,7-8,10-11,13-15,26H2,1-4H3/t16-,17-,18-,19+,21+,23+,24-/m1/s1. The molecule has 26 heavy (non-hydrogen) atoms. The van der Waals surface area contributed by atoms with Crippen LogP contribution in [0.4, 0.5) is 0 Å². The van der Waals surface area contributed by atoms with Crippen LogP contribution in [0.1, 0.15) is 72.6 Å². The third-order valence-electron chi connectivity index (χ3n) is 8.78. The highest BCUT2D eigenvalue weighted by Gasteiger charge is 2.55. The van der Waals surface area contributed by atoms with Crippen LogP contribution in [-0.4, -0.2) is 6.10 Å². The smallest absolute Gasteiger partial charge is 0.0614 e. The molecule has 4 aliphatic rings. The quantitative estimate of drug-likeness (QED) is 0.388. The molecule has 2 heteroatoms. The zero-order valence-electron chi connectivity index (χ0n) is 17.1. The molecule has 0 spiro atoms. The van der Waals surface area contributed by atoms with Crippen molar-refractivity contribution in [3.8, 4) is 0 Å².